The number of carbonyl (C=O) groups excluding carboxylic acids is 1. The molecule has 0 atom stereocenters. The maximum absolute atomic E-state index is 12.1. The lowest BCUT2D eigenvalue weighted by Gasteiger charge is -2.34. The van der Waals surface area contributed by atoms with Crippen LogP contribution in [0.2, 0.25) is 0 Å². The number of nitrogens with one attached hydrogen (secondary N) is 1. The van der Waals surface area contributed by atoms with E-state index in [0.717, 1.165) is 54.7 Å². The van der Waals surface area contributed by atoms with Crippen molar-refractivity contribution in [2.24, 2.45) is 0 Å². The molecule has 3 aromatic rings. The maximum Gasteiger partial charge on any atom is 0.324 e. The van der Waals surface area contributed by atoms with Crippen molar-refractivity contribution in [3.8, 4) is 0 Å². The molecule has 10 heteroatoms. The number of anilines is 1. The van der Waals surface area contributed by atoms with Gasteiger partial charge in [-0.1, -0.05) is 28.7 Å². The second-order valence-electron chi connectivity index (χ2n) is 7.33. The number of amides is 1. The first-order chi connectivity index (χ1) is 14.4. The van der Waals surface area contributed by atoms with Crippen LogP contribution in [0.3, 0.4) is 0 Å². The predicted molar refractivity (Wildman–Crippen MR) is 121 cm³/mol. The van der Waals surface area contributed by atoms with Crippen LogP contribution >= 0.6 is 22.7 Å². The zero-order valence-electron chi connectivity index (χ0n) is 16.9. The minimum absolute atomic E-state index is 0.0172. The van der Waals surface area contributed by atoms with Crippen molar-refractivity contribution in [2.75, 3.05) is 44.2 Å². The Morgan fingerprint density at radius 1 is 1.17 bits per heavy atom. The third-order valence-electron chi connectivity index (χ3n) is 5.43. The van der Waals surface area contributed by atoms with Crippen LogP contribution in [0.15, 0.2) is 24.3 Å². The van der Waals surface area contributed by atoms with E-state index in [1.165, 1.54) is 28.0 Å². The Hall–Kier alpha value is -2.56. The van der Waals surface area contributed by atoms with E-state index in [1.54, 1.807) is 11.3 Å². The van der Waals surface area contributed by atoms with Crippen molar-refractivity contribution < 1.29 is 9.72 Å². The summed E-state index contributed by atoms with van der Waals surface area (Å²) in [5.74, 6) is -0.258. The van der Waals surface area contributed by atoms with Crippen molar-refractivity contribution in [3.05, 3.63) is 50.4 Å². The SMILES string of the molecule is Cc1ccc2sc(N3CCN(CCNC(=O)c4ccc([N+](=O)[O-])s4)CC3)nc2c1C. The minimum atomic E-state index is -0.477. The van der Waals surface area contributed by atoms with Crippen LogP contribution in [-0.4, -0.2) is 60.0 Å². The summed E-state index contributed by atoms with van der Waals surface area (Å²) < 4.78 is 1.23. The first-order valence-electron chi connectivity index (χ1n) is 9.79. The number of aromatic nitrogens is 1. The van der Waals surface area contributed by atoms with Crippen LogP contribution in [0.1, 0.15) is 20.8 Å². The second-order valence-corrected chi connectivity index (χ2v) is 9.40. The molecule has 1 fully saturated rings. The van der Waals surface area contributed by atoms with Crippen LogP contribution in [0, 0.1) is 24.0 Å². The van der Waals surface area contributed by atoms with Gasteiger partial charge in [-0.3, -0.25) is 19.8 Å². The summed E-state index contributed by atoms with van der Waals surface area (Å²) in [7, 11) is 0. The van der Waals surface area contributed by atoms with Gasteiger partial charge in [0, 0.05) is 45.3 Å². The molecule has 0 saturated carbocycles. The van der Waals surface area contributed by atoms with E-state index < -0.39 is 4.92 Å². The molecule has 1 N–H and O–H groups in total. The smallest absolute Gasteiger partial charge is 0.324 e. The zero-order valence-corrected chi connectivity index (χ0v) is 18.5. The van der Waals surface area contributed by atoms with Gasteiger partial charge in [-0.25, -0.2) is 4.98 Å². The van der Waals surface area contributed by atoms with Crippen LogP contribution in [0.4, 0.5) is 10.1 Å². The fourth-order valence-corrected chi connectivity index (χ4v) is 5.29. The molecule has 1 saturated heterocycles. The number of nitro groups is 1. The van der Waals surface area contributed by atoms with Crippen LogP contribution in [0.5, 0.6) is 0 Å². The van der Waals surface area contributed by atoms with Gasteiger partial charge in [-0.2, -0.15) is 0 Å². The summed E-state index contributed by atoms with van der Waals surface area (Å²) >= 11 is 2.64. The number of carbonyl (C=O) groups is 1. The molecule has 1 amide bonds. The monoisotopic (exact) mass is 445 g/mol. The van der Waals surface area contributed by atoms with Crippen LogP contribution in [0.25, 0.3) is 10.2 Å². The van der Waals surface area contributed by atoms with E-state index in [1.807, 2.05) is 0 Å². The molecule has 0 aliphatic carbocycles. The maximum atomic E-state index is 12.1. The molecule has 0 spiro atoms. The normalized spacial score (nSPS) is 14.9. The average molecular weight is 446 g/mol. The first-order valence-corrected chi connectivity index (χ1v) is 11.4. The molecule has 4 rings (SSSR count). The van der Waals surface area contributed by atoms with Gasteiger partial charge in [-0.05, 0) is 37.1 Å². The van der Waals surface area contributed by atoms with Gasteiger partial charge < -0.3 is 10.2 Å². The third kappa shape index (κ3) is 4.30. The van der Waals surface area contributed by atoms with E-state index in [-0.39, 0.29) is 10.9 Å². The summed E-state index contributed by atoms with van der Waals surface area (Å²) in [6.45, 7) is 9.15. The van der Waals surface area contributed by atoms with Gasteiger partial charge in [0.15, 0.2) is 5.13 Å². The lowest BCUT2D eigenvalue weighted by atomic mass is 10.1. The minimum Gasteiger partial charge on any atom is -0.350 e. The number of hydrogen-bond donors (Lipinski definition) is 1. The largest absolute Gasteiger partial charge is 0.350 e. The molecular formula is C20H23N5O3S2. The highest BCUT2D eigenvalue weighted by Crippen LogP contribution is 2.32. The van der Waals surface area contributed by atoms with Gasteiger partial charge in [-0.15, -0.1) is 0 Å². The fourth-order valence-electron chi connectivity index (χ4n) is 3.47. The van der Waals surface area contributed by atoms with Gasteiger partial charge in [0.2, 0.25) is 0 Å². The van der Waals surface area contributed by atoms with E-state index in [0.29, 0.717) is 11.4 Å². The Morgan fingerprint density at radius 2 is 1.93 bits per heavy atom. The Morgan fingerprint density at radius 3 is 2.63 bits per heavy atom. The van der Waals surface area contributed by atoms with E-state index in [9.17, 15) is 14.9 Å². The highest BCUT2D eigenvalue weighted by Gasteiger charge is 2.21. The van der Waals surface area contributed by atoms with Crippen molar-refractivity contribution >= 4 is 48.9 Å². The number of thiophene rings is 1. The number of rotatable bonds is 6. The highest BCUT2D eigenvalue weighted by atomic mass is 32.1. The standard InChI is InChI=1S/C20H23N5O3S2/c1-13-3-4-15-18(14(13)2)22-20(30-15)24-11-9-23(10-12-24)8-7-21-19(26)16-5-6-17(29-16)25(27)28/h3-6H,7-12H2,1-2H3,(H,21,26). The van der Waals surface area contributed by atoms with Crippen LogP contribution < -0.4 is 10.2 Å². The van der Waals surface area contributed by atoms with Crippen molar-refractivity contribution in [3.63, 3.8) is 0 Å². The Kier molecular flexibility index (Phi) is 5.98. The topological polar surface area (TPSA) is 91.6 Å². The Labute approximate surface area is 182 Å². The van der Waals surface area contributed by atoms with E-state index >= 15 is 0 Å². The molecule has 0 radical (unpaired) electrons. The number of thiazole rings is 1. The zero-order chi connectivity index (χ0) is 21.3. The Balaban J connectivity index is 1.26. The molecule has 8 nitrogen and oxygen atoms in total. The summed E-state index contributed by atoms with van der Waals surface area (Å²) in [4.78, 5) is 32.3. The lowest BCUT2D eigenvalue weighted by molar-refractivity contribution is -0.380. The van der Waals surface area contributed by atoms with Crippen molar-refractivity contribution in [2.45, 2.75) is 13.8 Å². The molecule has 0 bridgehead atoms. The first kappa shape index (κ1) is 20.7. The summed E-state index contributed by atoms with van der Waals surface area (Å²) in [6, 6.07) is 7.17. The average Bonchev–Trinajstić information content (AvgIpc) is 3.39. The number of nitrogens with zero attached hydrogens (tertiary/aromatic N) is 4. The molecule has 1 aliphatic heterocycles. The van der Waals surface area contributed by atoms with Crippen molar-refractivity contribution in [1.82, 2.24) is 15.2 Å². The third-order valence-corrected chi connectivity index (χ3v) is 7.54. The Bertz CT molecular complexity index is 1090. The molecule has 1 aromatic carbocycles. The van der Waals surface area contributed by atoms with Gasteiger partial charge in [0.05, 0.1) is 20.0 Å². The number of benzene rings is 1. The summed E-state index contributed by atoms with van der Waals surface area (Å²) in [5.41, 5.74) is 3.62. The number of hydrogen-bond acceptors (Lipinski definition) is 8. The molecule has 1 aliphatic rings. The number of aryl methyl sites for hydroxylation is 2. The predicted octanol–water partition coefficient (Wildman–Crippen LogP) is 3.43. The highest BCUT2D eigenvalue weighted by molar-refractivity contribution is 7.22. The van der Waals surface area contributed by atoms with Gasteiger partial charge in [0.25, 0.3) is 5.91 Å². The van der Waals surface area contributed by atoms with Gasteiger partial charge >= 0.3 is 5.00 Å². The van der Waals surface area contributed by atoms with Crippen molar-refractivity contribution in [1.29, 1.82) is 0 Å². The molecule has 3 heterocycles. The molecule has 158 valence electrons. The molecule has 0 unspecified atom stereocenters. The fraction of sp³-hybridized carbons (Fsp3) is 0.400. The molecular weight excluding hydrogens is 422 g/mol. The molecule has 30 heavy (non-hydrogen) atoms. The second kappa shape index (κ2) is 8.66. The van der Waals surface area contributed by atoms with E-state index in [2.05, 4.69) is 41.1 Å². The van der Waals surface area contributed by atoms with Gasteiger partial charge in [0.1, 0.15) is 0 Å². The number of fused-ring (bicyclic) bond motifs is 1. The van der Waals surface area contributed by atoms with Crippen LogP contribution in [-0.2, 0) is 0 Å². The summed E-state index contributed by atoms with van der Waals surface area (Å²) in [6.07, 6.45) is 0. The van der Waals surface area contributed by atoms with E-state index in [4.69, 9.17) is 4.98 Å². The molecule has 2 aromatic heterocycles. The lowest BCUT2D eigenvalue weighted by Crippen LogP contribution is -2.48. The summed E-state index contributed by atoms with van der Waals surface area (Å²) in [5, 5.41) is 14.7. The number of piperazine rings is 1. The quantitative estimate of drug-likeness (QED) is 0.462.